The number of phosphoric acid groups is 1. The summed E-state index contributed by atoms with van der Waals surface area (Å²) in [5.74, 6) is 0. The zero-order valence-corrected chi connectivity index (χ0v) is 11.1. The molecule has 98 valence electrons. The molecule has 0 spiro atoms. The van der Waals surface area contributed by atoms with E-state index in [-0.39, 0.29) is 19.8 Å². The molecule has 0 bridgehead atoms. The van der Waals surface area contributed by atoms with E-state index in [2.05, 4.69) is 11.4 Å². The highest BCUT2D eigenvalue weighted by molar-refractivity contribution is 7.47. The van der Waals surface area contributed by atoms with Crippen molar-refractivity contribution in [2.24, 2.45) is 0 Å². The maximum atomic E-state index is 11.2. The number of ether oxygens (including phenoxy) is 1. The van der Waals surface area contributed by atoms with Crippen molar-refractivity contribution in [3.63, 3.8) is 0 Å². The molecular formula is C10H23O5P. The smallest absolute Gasteiger partial charge is 0.382 e. The van der Waals surface area contributed by atoms with Gasteiger partial charge in [0.25, 0.3) is 0 Å². The highest BCUT2D eigenvalue weighted by atomic mass is 31.2. The van der Waals surface area contributed by atoms with Crippen LogP contribution in [0.1, 0.15) is 39.0 Å². The van der Waals surface area contributed by atoms with Crippen LogP contribution in [-0.2, 0) is 18.3 Å². The molecular weight excluding hydrogens is 231 g/mol. The van der Waals surface area contributed by atoms with Crippen LogP contribution >= 0.6 is 7.82 Å². The Hall–Kier alpha value is 0.0700. The second-order valence-corrected chi connectivity index (χ2v) is 5.00. The van der Waals surface area contributed by atoms with Gasteiger partial charge in [-0.05, 0) is 6.42 Å². The summed E-state index contributed by atoms with van der Waals surface area (Å²) in [5.41, 5.74) is 0. The number of methoxy groups -OCH3 is 1. The average Bonchev–Trinajstić information content (AvgIpc) is 2.23. The molecule has 0 saturated heterocycles. The Morgan fingerprint density at radius 3 is 2.25 bits per heavy atom. The largest absolute Gasteiger partial charge is 0.472 e. The minimum Gasteiger partial charge on any atom is -0.382 e. The van der Waals surface area contributed by atoms with Crippen LogP contribution in [0.4, 0.5) is 0 Å². The van der Waals surface area contributed by atoms with Crippen LogP contribution in [0.5, 0.6) is 0 Å². The molecule has 1 N–H and O–H groups in total. The quantitative estimate of drug-likeness (QED) is 0.453. The molecule has 0 aliphatic heterocycles. The Bertz CT molecular complexity index is 198. The Kier molecular flexibility index (Phi) is 10.3. The average molecular weight is 254 g/mol. The normalized spacial score (nSPS) is 14.9. The Labute approximate surface area is 97.7 Å². The van der Waals surface area contributed by atoms with Gasteiger partial charge in [0.1, 0.15) is 0 Å². The number of hydrogen-bond acceptors (Lipinski definition) is 4. The summed E-state index contributed by atoms with van der Waals surface area (Å²) in [6.07, 6.45) is 5.32. The van der Waals surface area contributed by atoms with Crippen molar-refractivity contribution in [2.45, 2.75) is 39.0 Å². The molecule has 0 aliphatic rings. The van der Waals surface area contributed by atoms with Crippen LogP contribution in [0.3, 0.4) is 0 Å². The van der Waals surface area contributed by atoms with Crippen molar-refractivity contribution in [1.29, 1.82) is 0 Å². The summed E-state index contributed by atoms with van der Waals surface area (Å²) in [6, 6.07) is 0. The third kappa shape index (κ3) is 10.6. The van der Waals surface area contributed by atoms with Crippen LogP contribution < -0.4 is 0 Å². The van der Waals surface area contributed by atoms with E-state index in [0.29, 0.717) is 0 Å². The van der Waals surface area contributed by atoms with Crippen molar-refractivity contribution >= 4 is 7.82 Å². The van der Waals surface area contributed by atoms with E-state index in [9.17, 15) is 9.46 Å². The first-order valence-corrected chi connectivity index (χ1v) is 7.22. The third-order valence-electron chi connectivity index (χ3n) is 2.04. The van der Waals surface area contributed by atoms with Gasteiger partial charge in [-0.2, -0.15) is 0 Å². The summed E-state index contributed by atoms with van der Waals surface area (Å²) in [4.78, 5) is 9.20. The summed E-state index contributed by atoms with van der Waals surface area (Å²) in [5, 5.41) is 0. The van der Waals surface area contributed by atoms with Gasteiger partial charge in [0.05, 0.1) is 19.8 Å². The maximum absolute atomic E-state index is 11.2. The number of unbranched alkanes of at least 4 members (excludes halogenated alkanes) is 4. The Balaban J connectivity index is 3.39. The van der Waals surface area contributed by atoms with Gasteiger partial charge in [0.2, 0.25) is 0 Å². The Morgan fingerprint density at radius 2 is 1.62 bits per heavy atom. The van der Waals surface area contributed by atoms with Crippen molar-refractivity contribution in [1.82, 2.24) is 0 Å². The lowest BCUT2D eigenvalue weighted by Gasteiger charge is -2.11. The highest BCUT2D eigenvalue weighted by Gasteiger charge is 2.19. The van der Waals surface area contributed by atoms with Crippen molar-refractivity contribution < 1.29 is 23.2 Å². The van der Waals surface area contributed by atoms with Gasteiger partial charge in [-0.1, -0.05) is 32.6 Å². The van der Waals surface area contributed by atoms with Gasteiger partial charge in [0, 0.05) is 7.11 Å². The second kappa shape index (κ2) is 10.2. The zero-order chi connectivity index (χ0) is 12.3. The van der Waals surface area contributed by atoms with Crippen molar-refractivity contribution in [2.75, 3.05) is 26.9 Å². The summed E-state index contributed by atoms with van der Waals surface area (Å²) in [7, 11) is -2.36. The van der Waals surface area contributed by atoms with E-state index in [1.807, 2.05) is 0 Å². The monoisotopic (exact) mass is 254 g/mol. The van der Waals surface area contributed by atoms with Crippen LogP contribution in [0.25, 0.3) is 0 Å². The first-order chi connectivity index (χ1) is 7.62. The van der Waals surface area contributed by atoms with Gasteiger partial charge in [-0.25, -0.2) is 4.57 Å². The van der Waals surface area contributed by atoms with Gasteiger partial charge in [-0.3, -0.25) is 9.05 Å². The van der Waals surface area contributed by atoms with E-state index < -0.39 is 7.82 Å². The lowest BCUT2D eigenvalue weighted by atomic mass is 10.2. The molecule has 0 aromatic rings. The topological polar surface area (TPSA) is 65.0 Å². The summed E-state index contributed by atoms with van der Waals surface area (Å²) in [6.45, 7) is 2.76. The highest BCUT2D eigenvalue weighted by Crippen LogP contribution is 2.43. The molecule has 0 radical (unpaired) electrons. The van der Waals surface area contributed by atoms with E-state index >= 15 is 0 Å². The van der Waals surface area contributed by atoms with E-state index in [1.165, 1.54) is 20.0 Å². The van der Waals surface area contributed by atoms with Crippen molar-refractivity contribution in [3.05, 3.63) is 0 Å². The lowest BCUT2D eigenvalue weighted by Crippen LogP contribution is -2.03. The Morgan fingerprint density at radius 1 is 1.00 bits per heavy atom. The molecule has 0 heterocycles. The van der Waals surface area contributed by atoms with Crippen LogP contribution in [0.2, 0.25) is 0 Å². The van der Waals surface area contributed by atoms with Gasteiger partial charge in [0.15, 0.2) is 0 Å². The predicted octanol–water partition coefficient (Wildman–Crippen LogP) is 2.74. The molecule has 0 amide bonds. The van der Waals surface area contributed by atoms with Crippen LogP contribution in [0, 0.1) is 0 Å². The fourth-order valence-electron chi connectivity index (χ4n) is 1.16. The predicted molar refractivity (Wildman–Crippen MR) is 62.4 cm³/mol. The molecule has 6 heteroatoms. The van der Waals surface area contributed by atoms with Crippen LogP contribution in [0.15, 0.2) is 0 Å². The van der Waals surface area contributed by atoms with Crippen molar-refractivity contribution in [3.8, 4) is 0 Å². The fourth-order valence-corrected chi connectivity index (χ4v) is 1.90. The minimum atomic E-state index is -3.86. The molecule has 1 unspecified atom stereocenters. The maximum Gasteiger partial charge on any atom is 0.472 e. The van der Waals surface area contributed by atoms with Gasteiger partial charge in [-0.15, -0.1) is 0 Å². The lowest BCUT2D eigenvalue weighted by molar-refractivity contribution is 0.102. The SMILES string of the molecule is CCCCCCCOP(=O)(O)OCCOC. The molecule has 0 aromatic heterocycles. The third-order valence-corrected chi connectivity index (χ3v) is 3.06. The zero-order valence-electron chi connectivity index (χ0n) is 10.2. The number of rotatable bonds is 11. The molecule has 0 aromatic carbocycles. The first-order valence-electron chi connectivity index (χ1n) is 5.73. The number of phosphoric ester groups is 1. The molecule has 5 nitrogen and oxygen atoms in total. The van der Waals surface area contributed by atoms with E-state index in [0.717, 1.165) is 19.3 Å². The summed E-state index contributed by atoms with van der Waals surface area (Å²) < 4.78 is 25.4. The second-order valence-electron chi connectivity index (χ2n) is 3.54. The number of hydrogen-bond donors (Lipinski definition) is 1. The summed E-state index contributed by atoms with van der Waals surface area (Å²) >= 11 is 0. The molecule has 16 heavy (non-hydrogen) atoms. The molecule has 0 aliphatic carbocycles. The van der Waals surface area contributed by atoms with E-state index in [4.69, 9.17) is 9.26 Å². The van der Waals surface area contributed by atoms with Gasteiger partial charge >= 0.3 is 7.82 Å². The molecule has 0 fully saturated rings. The molecule has 0 saturated carbocycles. The molecule has 1 atom stereocenters. The van der Waals surface area contributed by atoms with E-state index in [1.54, 1.807) is 0 Å². The van der Waals surface area contributed by atoms with Gasteiger partial charge < -0.3 is 9.63 Å². The molecule has 0 rings (SSSR count). The first kappa shape index (κ1) is 16.1. The van der Waals surface area contributed by atoms with Crippen LogP contribution in [-0.4, -0.2) is 31.8 Å². The standard InChI is InChI=1S/C10H23O5P/c1-3-4-5-6-7-8-14-16(11,12)15-10-9-13-2/h3-10H2,1-2H3,(H,11,12). The fraction of sp³-hybridized carbons (Fsp3) is 1.00. The minimum absolute atomic E-state index is 0.0696.